The van der Waals surface area contributed by atoms with Crippen molar-refractivity contribution < 1.29 is 4.39 Å². The Bertz CT molecular complexity index is 1290. The van der Waals surface area contributed by atoms with Crippen molar-refractivity contribution in [1.29, 1.82) is 0 Å². The van der Waals surface area contributed by atoms with Crippen molar-refractivity contribution >= 4 is 22.8 Å². The van der Waals surface area contributed by atoms with Crippen molar-refractivity contribution in [2.75, 3.05) is 0 Å². The molecule has 2 heterocycles. The minimum absolute atomic E-state index is 0.127. The summed E-state index contributed by atoms with van der Waals surface area (Å²) in [6, 6.07) is 14.3. The molecule has 30 heavy (non-hydrogen) atoms. The van der Waals surface area contributed by atoms with Crippen LogP contribution in [0.2, 0.25) is 0 Å². The summed E-state index contributed by atoms with van der Waals surface area (Å²) in [5.74, 6) is 0.866. The molecule has 2 aromatic carbocycles. The average molecular weight is 421 g/mol. The highest BCUT2D eigenvalue weighted by atomic mass is 32.2. The molecule has 0 radical (unpaired) electrons. The van der Waals surface area contributed by atoms with Gasteiger partial charge < -0.3 is 0 Å². The fraction of sp³-hybridized carbons (Fsp3) is 0.261. The lowest BCUT2D eigenvalue weighted by molar-refractivity contribution is 0.573. The summed E-state index contributed by atoms with van der Waals surface area (Å²) in [6.07, 6.45) is 4.02. The van der Waals surface area contributed by atoms with Crippen LogP contribution in [0.3, 0.4) is 0 Å². The van der Waals surface area contributed by atoms with Gasteiger partial charge in [0.1, 0.15) is 11.2 Å². The molecule has 0 amide bonds. The van der Waals surface area contributed by atoms with Crippen molar-refractivity contribution in [3.8, 4) is 5.69 Å². The molecule has 7 heteroatoms. The van der Waals surface area contributed by atoms with Gasteiger partial charge in [0.15, 0.2) is 10.8 Å². The molecule has 0 bridgehead atoms. The molecule has 1 aliphatic rings. The molecule has 0 saturated heterocycles. The number of hydrogen-bond acceptors (Lipinski definition) is 4. The molecular formula is C23H21FN4OS. The molecule has 4 aromatic rings. The maximum Gasteiger partial charge on any atom is 0.269 e. The third kappa shape index (κ3) is 3.65. The molecule has 0 spiro atoms. The van der Waals surface area contributed by atoms with E-state index in [-0.39, 0.29) is 11.4 Å². The van der Waals surface area contributed by atoms with Gasteiger partial charge in [-0.3, -0.25) is 9.36 Å². The first kappa shape index (κ1) is 19.1. The fourth-order valence-electron chi connectivity index (χ4n) is 3.57. The Balaban J connectivity index is 1.63. The van der Waals surface area contributed by atoms with Crippen molar-refractivity contribution in [3.63, 3.8) is 0 Å². The monoisotopic (exact) mass is 420 g/mol. The Hall–Kier alpha value is -2.93. The van der Waals surface area contributed by atoms with Gasteiger partial charge in [0.05, 0.1) is 11.9 Å². The molecule has 0 N–H and O–H groups in total. The van der Waals surface area contributed by atoms with E-state index >= 15 is 0 Å². The van der Waals surface area contributed by atoms with Gasteiger partial charge in [-0.25, -0.2) is 14.1 Å². The van der Waals surface area contributed by atoms with Gasteiger partial charge >= 0.3 is 0 Å². The SMILES string of the molecule is Cc1ccccc1-n1c(SCc2cccc(F)c2)nc2c(cnn2CC2CC2)c1=O. The Morgan fingerprint density at radius 2 is 2.00 bits per heavy atom. The summed E-state index contributed by atoms with van der Waals surface area (Å²) < 4.78 is 17.1. The second-order valence-corrected chi connectivity index (χ2v) is 8.69. The number of aryl methyl sites for hydroxylation is 1. The van der Waals surface area contributed by atoms with Gasteiger partial charge in [0.25, 0.3) is 5.56 Å². The molecule has 2 aromatic heterocycles. The number of halogens is 1. The van der Waals surface area contributed by atoms with Crippen LogP contribution in [-0.4, -0.2) is 19.3 Å². The molecule has 5 nitrogen and oxygen atoms in total. The van der Waals surface area contributed by atoms with E-state index in [4.69, 9.17) is 4.98 Å². The zero-order valence-electron chi connectivity index (χ0n) is 16.6. The lowest BCUT2D eigenvalue weighted by Crippen LogP contribution is -2.22. The second kappa shape index (κ2) is 7.72. The zero-order chi connectivity index (χ0) is 20.7. The Morgan fingerprint density at radius 3 is 2.77 bits per heavy atom. The summed E-state index contributed by atoms with van der Waals surface area (Å²) in [5.41, 5.74) is 3.13. The first-order chi connectivity index (χ1) is 14.6. The number of nitrogens with zero attached hydrogens (tertiary/aromatic N) is 4. The maximum absolute atomic E-state index is 13.6. The van der Waals surface area contributed by atoms with Crippen LogP contribution in [-0.2, 0) is 12.3 Å². The van der Waals surface area contributed by atoms with Crippen LogP contribution in [0.4, 0.5) is 4.39 Å². The summed E-state index contributed by atoms with van der Waals surface area (Å²) in [4.78, 5) is 18.3. The van der Waals surface area contributed by atoms with Gasteiger partial charge in [-0.05, 0) is 55.0 Å². The van der Waals surface area contributed by atoms with Gasteiger partial charge in [-0.1, -0.05) is 42.1 Å². The number of para-hydroxylation sites is 1. The number of thioether (sulfide) groups is 1. The summed E-state index contributed by atoms with van der Waals surface area (Å²) >= 11 is 1.43. The van der Waals surface area contributed by atoms with E-state index < -0.39 is 0 Å². The smallest absolute Gasteiger partial charge is 0.268 e. The van der Waals surface area contributed by atoms with Crippen LogP contribution < -0.4 is 5.56 Å². The zero-order valence-corrected chi connectivity index (χ0v) is 17.4. The molecule has 0 unspecified atom stereocenters. The molecule has 0 atom stereocenters. The van der Waals surface area contributed by atoms with Crippen molar-refractivity contribution in [2.45, 2.75) is 37.2 Å². The third-order valence-electron chi connectivity index (χ3n) is 5.38. The summed E-state index contributed by atoms with van der Waals surface area (Å²) in [6.45, 7) is 2.77. The van der Waals surface area contributed by atoms with Crippen LogP contribution in [0, 0.1) is 18.7 Å². The van der Waals surface area contributed by atoms with Gasteiger partial charge in [0.2, 0.25) is 0 Å². The Morgan fingerprint density at radius 1 is 1.17 bits per heavy atom. The number of aromatic nitrogens is 4. The van der Waals surface area contributed by atoms with Gasteiger partial charge in [0, 0.05) is 12.3 Å². The maximum atomic E-state index is 13.6. The number of hydrogen-bond donors (Lipinski definition) is 0. The van der Waals surface area contributed by atoms with Crippen LogP contribution >= 0.6 is 11.8 Å². The first-order valence-corrected chi connectivity index (χ1v) is 11.0. The molecule has 5 rings (SSSR count). The minimum atomic E-state index is -0.268. The van der Waals surface area contributed by atoms with Crippen molar-refractivity contribution in [1.82, 2.24) is 19.3 Å². The molecule has 1 aliphatic carbocycles. The Kier molecular flexibility index (Phi) is 4.90. The summed E-state index contributed by atoms with van der Waals surface area (Å²) in [7, 11) is 0. The standard InChI is InChI=1S/C23H21FN4OS/c1-15-5-2-3-8-20(15)28-22(29)19-12-25-27(13-16-9-10-16)21(19)26-23(28)30-14-17-6-4-7-18(24)11-17/h2-8,11-12,16H,9-10,13-14H2,1H3. The van der Waals surface area contributed by atoms with Crippen molar-refractivity contribution in [2.24, 2.45) is 5.92 Å². The highest BCUT2D eigenvalue weighted by Gasteiger charge is 2.24. The predicted octanol–water partition coefficient (Wildman–Crippen LogP) is 4.73. The highest BCUT2D eigenvalue weighted by Crippen LogP contribution is 2.32. The first-order valence-electron chi connectivity index (χ1n) is 10.0. The molecule has 0 aliphatic heterocycles. The van der Waals surface area contributed by atoms with E-state index in [2.05, 4.69) is 5.10 Å². The lowest BCUT2D eigenvalue weighted by atomic mass is 10.2. The molecular weight excluding hydrogens is 399 g/mol. The lowest BCUT2D eigenvalue weighted by Gasteiger charge is -2.14. The minimum Gasteiger partial charge on any atom is -0.268 e. The third-order valence-corrected chi connectivity index (χ3v) is 6.39. The van der Waals surface area contributed by atoms with Crippen LogP contribution in [0.15, 0.2) is 64.7 Å². The quantitative estimate of drug-likeness (QED) is 0.334. The van der Waals surface area contributed by atoms with Gasteiger partial charge in [-0.15, -0.1) is 0 Å². The number of benzene rings is 2. The van der Waals surface area contributed by atoms with Crippen LogP contribution in [0.1, 0.15) is 24.0 Å². The summed E-state index contributed by atoms with van der Waals surface area (Å²) in [5, 5.41) is 5.56. The number of rotatable bonds is 6. The van der Waals surface area contributed by atoms with E-state index in [9.17, 15) is 9.18 Å². The van der Waals surface area contributed by atoms with E-state index in [1.807, 2.05) is 41.9 Å². The molecule has 152 valence electrons. The topological polar surface area (TPSA) is 52.7 Å². The van der Waals surface area contributed by atoms with E-state index in [0.717, 1.165) is 23.4 Å². The normalized spacial score (nSPS) is 13.8. The largest absolute Gasteiger partial charge is 0.269 e. The van der Waals surface area contributed by atoms with Gasteiger partial charge in [-0.2, -0.15) is 5.10 Å². The predicted molar refractivity (Wildman–Crippen MR) is 117 cm³/mol. The van der Waals surface area contributed by atoms with Crippen LogP contribution in [0.5, 0.6) is 0 Å². The molecule has 1 fully saturated rings. The molecule has 1 saturated carbocycles. The fourth-order valence-corrected chi connectivity index (χ4v) is 4.51. The van der Waals surface area contributed by atoms with E-state index in [1.165, 1.54) is 36.7 Å². The second-order valence-electron chi connectivity index (χ2n) is 7.75. The Labute approximate surface area is 177 Å². The van der Waals surface area contributed by atoms with Crippen molar-refractivity contribution in [3.05, 3.63) is 82.0 Å². The van der Waals surface area contributed by atoms with E-state index in [0.29, 0.717) is 27.9 Å². The number of fused-ring (bicyclic) bond motifs is 1. The average Bonchev–Trinajstić information content (AvgIpc) is 3.46. The van der Waals surface area contributed by atoms with Crippen LogP contribution in [0.25, 0.3) is 16.7 Å². The van der Waals surface area contributed by atoms with E-state index in [1.54, 1.807) is 16.8 Å². The highest BCUT2D eigenvalue weighted by molar-refractivity contribution is 7.98.